The third-order valence-corrected chi connectivity index (χ3v) is 8.99. The van der Waals surface area contributed by atoms with Gasteiger partial charge in [-0.2, -0.15) is 0 Å². The van der Waals surface area contributed by atoms with Crippen LogP contribution in [-0.2, 0) is 4.79 Å². The largest absolute Gasteiger partial charge is 0.370 e. The Morgan fingerprint density at radius 3 is 2.52 bits per heavy atom. The van der Waals surface area contributed by atoms with Crippen LogP contribution in [-0.4, -0.2) is 99.0 Å². The van der Waals surface area contributed by atoms with Gasteiger partial charge in [0.2, 0.25) is 5.79 Å². The van der Waals surface area contributed by atoms with E-state index in [1.54, 1.807) is 42.5 Å². The van der Waals surface area contributed by atoms with Crippen molar-refractivity contribution in [2.75, 3.05) is 24.5 Å². The van der Waals surface area contributed by atoms with E-state index in [1.165, 1.54) is 9.80 Å². The van der Waals surface area contributed by atoms with Crippen molar-refractivity contribution in [2.24, 2.45) is 21.5 Å². The van der Waals surface area contributed by atoms with Crippen LogP contribution in [0.1, 0.15) is 15.9 Å². The molecule has 0 radical (unpaired) electrons. The third-order valence-electron chi connectivity index (χ3n) is 8.99. The smallest absolute Gasteiger partial charge is 0.331 e. The van der Waals surface area contributed by atoms with Crippen molar-refractivity contribution in [3.05, 3.63) is 77.9 Å². The van der Waals surface area contributed by atoms with Crippen LogP contribution in [0.5, 0.6) is 0 Å². The van der Waals surface area contributed by atoms with Crippen LogP contribution < -0.4 is 27.0 Å². The maximum Gasteiger partial charge on any atom is 0.331 e. The topological polar surface area (TPSA) is 202 Å². The molecular weight excluding hydrogens is 566 g/mol. The lowest BCUT2D eigenvalue weighted by Crippen LogP contribution is -2.78. The van der Waals surface area contributed by atoms with Gasteiger partial charge in [-0.3, -0.25) is 19.4 Å². The summed E-state index contributed by atoms with van der Waals surface area (Å²) < 4.78 is 0. The number of nitrogens with zero attached hydrogens (tertiary/aromatic N) is 5. The minimum absolute atomic E-state index is 0.0901. The molecule has 7 rings (SSSR count). The number of aryl methyl sites for hydroxylation is 1. The van der Waals surface area contributed by atoms with E-state index in [-0.39, 0.29) is 31.6 Å². The quantitative estimate of drug-likeness (QED) is 0.164. The predicted molar refractivity (Wildman–Crippen MR) is 161 cm³/mol. The zero-order valence-electron chi connectivity index (χ0n) is 23.7. The molecule has 4 heterocycles. The van der Waals surface area contributed by atoms with Gasteiger partial charge in [-0.05, 0) is 41.5 Å². The van der Waals surface area contributed by atoms with E-state index in [0.29, 0.717) is 11.3 Å². The van der Waals surface area contributed by atoms with Crippen LogP contribution >= 0.6 is 0 Å². The highest BCUT2D eigenvalue weighted by Gasteiger charge is 2.73. The number of hydrogen-bond acceptors (Lipinski definition) is 11. The zero-order valence-corrected chi connectivity index (χ0v) is 23.7. The molecule has 44 heavy (non-hydrogen) atoms. The van der Waals surface area contributed by atoms with Gasteiger partial charge in [0.05, 0.1) is 12.6 Å². The van der Waals surface area contributed by atoms with Gasteiger partial charge < -0.3 is 37.2 Å². The fraction of sp³-hybridized carbons (Fsp3) is 0.300. The Kier molecular flexibility index (Phi) is 6.06. The van der Waals surface area contributed by atoms with E-state index in [4.69, 9.17) is 11.5 Å². The number of fused-ring (bicyclic) bond motifs is 1. The molecule has 8 N–H and O–H groups in total. The fourth-order valence-electron chi connectivity index (χ4n) is 6.85. The number of hydrogen-bond donors (Lipinski definition) is 6. The van der Waals surface area contributed by atoms with Crippen molar-refractivity contribution in [3.63, 3.8) is 0 Å². The molecule has 1 spiro atoms. The molecule has 0 bridgehead atoms. The average Bonchev–Trinajstić information content (AvgIpc) is 3.58. The van der Waals surface area contributed by atoms with Crippen LogP contribution in [0.15, 0.2) is 76.7 Å². The van der Waals surface area contributed by atoms with E-state index >= 15 is 0 Å². The molecule has 14 heteroatoms. The number of rotatable bonds is 5. The van der Waals surface area contributed by atoms with Crippen molar-refractivity contribution < 1.29 is 24.6 Å². The molecule has 3 aromatic carbocycles. The number of anilines is 1. The molecule has 226 valence electrons. The van der Waals surface area contributed by atoms with Crippen molar-refractivity contribution in [3.8, 4) is 0 Å². The van der Waals surface area contributed by atoms with Gasteiger partial charge in [-0.25, -0.2) is 14.8 Å². The van der Waals surface area contributed by atoms with Crippen LogP contribution in [0.25, 0.3) is 10.8 Å². The van der Waals surface area contributed by atoms with Gasteiger partial charge in [0.1, 0.15) is 18.6 Å². The molecule has 3 unspecified atom stereocenters. The van der Waals surface area contributed by atoms with E-state index in [1.807, 2.05) is 31.2 Å². The predicted octanol–water partition coefficient (Wildman–Crippen LogP) is -0.608. The number of guanidine groups is 2. The first kappa shape index (κ1) is 27.6. The van der Waals surface area contributed by atoms with Crippen molar-refractivity contribution in [1.29, 1.82) is 0 Å². The number of nitrogens with one attached hydrogen (secondary N) is 2. The molecule has 0 aromatic heterocycles. The van der Waals surface area contributed by atoms with Gasteiger partial charge in [0.15, 0.2) is 17.6 Å². The SMILES string of the molecule is Cc1cccc2c(C(=O)NC3CN4C(N)=N[C@@H](CN5C(=O)CN(c6ccccc6)C5=O)C5N=C(N)NC54C3(O)O)cccc12. The van der Waals surface area contributed by atoms with Crippen molar-refractivity contribution in [1.82, 2.24) is 20.4 Å². The number of carbonyl (C=O) groups excluding carboxylic acids is 3. The van der Waals surface area contributed by atoms with E-state index in [9.17, 15) is 24.6 Å². The molecule has 14 nitrogen and oxygen atoms in total. The lowest BCUT2D eigenvalue weighted by Gasteiger charge is -2.49. The summed E-state index contributed by atoms with van der Waals surface area (Å²) in [6.07, 6.45) is 0. The van der Waals surface area contributed by atoms with Gasteiger partial charge >= 0.3 is 6.03 Å². The number of imide groups is 1. The van der Waals surface area contributed by atoms with E-state index < -0.39 is 47.4 Å². The number of carbonyl (C=O) groups is 3. The maximum absolute atomic E-state index is 13.6. The van der Waals surface area contributed by atoms with Crippen molar-refractivity contribution >= 4 is 46.2 Å². The number of aliphatic hydroxyl groups is 2. The lowest BCUT2D eigenvalue weighted by molar-refractivity contribution is -0.230. The molecule has 4 amide bonds. The Balaban J connectivity index is 1.18. The van der Waals surface area contributed by atoms with Gasteiger partial charge in [0.25, 0.3) is 11.8 Å². The highest BCUT2D eigenvalue weighted by Crippen LogP contribution is 2.45. The summed E-state index contributed by atoms with van der Waals surface area (Å²) in [5.74, 6) is -3.84. The minimum Gasteiger partial charge on any atom is -0.370 e. The molecule has 3 aromatic rings. The molecular formula is C30H31N9O5. The normalized spacial score (nSPS) is 27.2. The Morgan fingerprint density at radius 2 is 1.75 bits per heavy atom. The van der Waals surface area contributed by atoms with Crippen LogP contribution in [0.4, 0.5) is 10.5 Å². The second kappa shape index (κ2) is 9.65. The summed E-state index contributed by atoms with van der Waals surface area (Å²) in [5.41, 5.74) is 12.6. The maximum atomic E-state index is 13.6. The lowest BCUT2D eigenvalue weighted by atomic mass is 9.84. The Bertz CT molecular complexity index is 1780. The second-order valence-electron chi connectivity index (χ2n) is 11.5. The van der Waals surface area contributed by atoms with Crippen LogP contribution in [0.2, 0.25) is 0 Å². The second-order valence-corrected chi connectivity index (χ2v) is 11.5. The first-order valence-electron chi connectivity index (χ1n) is 14.2. The molecule has 2 saturated heterocycles. The summed E-state index contributed by atoms with van der Waals surface area (Å²) in [7, 11) is 0. The third kappa shape index (κ3) is 3.84. The molecule has 2 fully saturated rings. The monoisotopic (exact) mass is 597 g/mol. The van der Waals surface area contributed by atoms with Gasteiger partial charge in [-0.15, -0.1) is 0 Å². The summed E-state index contributed by atoms with van der Waals surface area (Å²) in [6, 6.07) is 15.9. The number of amides is 4. The first-order chi connectivity index (χ1) is 21.0. The fourth-order valence-corrected chi connectivity index (χ4v) is 6.85. The van der Waals surface area contributed by atoms with E-state index in [0.717, 1.165) is 21.2 Å². The molecule has 0 saturated carbocycles. The summed E-state index contributed by atoms with van der Waals surface area (Å²) in [4.78, 5) is 52.7. The molecule has 4 atom stereocenters. The van der Waals surface area contributed by atoms with E-state index in [2.05, 4.69) is 20.6 Å². The molecule has 0 aliphatic carbocycles. The van der Waals surface area contributed by atoms with Crippen molar-refractivity contribution in [2.45, 2.75) is 36.5 Å². The number of para-hydroxylation sites is 1. The highest BCUT2D eigenvalue weighted by molar-refractivity contribution is 6.12. The highest BCUT2D eigenvalue weighted by atomic mass is 16.5. The van der Waals surface area contributed by atoms with Gasteiger partial charge in [0, 0.05) is 17.8 Å². The number of nitrogens with two attached hydrogens (primary N) is 2. The number of aliphatic imine (C=N–C) groups is 2. The van der Waals surface area contributed by atoms with Crippen LogP contribution in [0.3, 0.4) is 0 Å². The summed E-state index contributed by atoms with van der Waals surface area (Å²) in [5, 5.41) is 30.9. The number of urea groups is 1. The zero-order chi connectivity index (χ0) is 31.0. The number of benzene rings is 3. The first-order valence-corrected chi connectivity index (χ1v) is 14.2. The van der Waals surface area contributed by atoms with Crippen LogP contribution in [0, 0.1) is 6.92 Å². The summed E-state index contributed by atoms with van der Waals surface area (Å²) >= 11 is 0. The Morgan fingerprint density at radius 1 is 1.02 bits per heavy atom. The molecule has 4 aliphatic rings. The minimum atomic E-state index is -2.67. The molecule has 4 aliphatic heterocycles. The Labute approximate surface area is 251 Å². The Hall–Kier alpha value is -5.21. The summed E-state index contributed by atoms with van der Waals surface area (Å²) in [6.45, 7) is 1.41. The standard InChI is InChI=1S/C30H31N9O5/c1-16-7-5-11-19-18(16)10-6-12-20(19)25(41)34-22-14-39-27(32)33-21(24-29(39,30(22,43)44)36-26(31)35-24)13-38-23(40)15-37(28(38)42)17-8-3-2-4-9-17/h2-12,21-22,24,43-44H,13-15H2,1H3,(H2,32,33)(H,34,41)(H3,31,35,36)/t21-,22?,24?,29?/m0/s1. The average molecular weight is 598 g/mol. The van der Waals surface area contributed by atoms with Gasteiger partial charge in [-0.1, -0.05) is 48.5 Å².